The SMILES string of the molecule is O=C(NCCCl)N[C@@H]1O[C@H](CO)[C@@H](O[C@@H]2O[C@H](CO)[C@H](O)[C@H](O)[C@H]2O)[C@H](O)[C@H]1O. The second kappa shape index (κ2) is 11.0. The second-order valence-electron chi connectivity index (χ2n) is 6.65. The third-order valence-electron chi connectivity index (χ3n) is 4.66. The molecule has 14 heteroatoms. The summed E-state index contributed by atoms with van der Waals surface area (Å²) in [7, 11) is 0. The Morgan fingerprint density at radius 1 is 0.897 bits per heavy atom. The first-order chi connectivity index (χ1) is 13.7. The predicted octanol–water partition coefficient (Wildman–Crippen LogP) is -4.85. The molecule has 9 N–H and O–H groups in total. The van der Waals surface area contributed by atoms with Crippen LogP contribution in [0.25, 0.3) is 0 Å². The summed E-state index contributed by atoms with van der Waals surface area (Å²) in [5.74, 6) is 0.151. The van der Waals surface area contributed by atoms with E-state index >= 15 is 0 Å². The summed E-state index contributed by atoms with van der Waals surface area (Å²) in [5.41, 5.74) is 0. The van der Waals surface area contributed by atoms with E-state index in [1.54, 1.807) is 0 Å². The van der Waals surface area contributed by atoms with Gasteiger partial charge in [0.05, 0.1) is 13.2 Å². The molecule has 0 bridgehead atoms. The molecule has 0 aromatic heterocycles. The fraction of sp³-hybridized carbons (Fsp3) is 0.933. The van der Waals surface area contributed by atoms with Gasteiger partial charge in [-0.05, 0) is 0 Å². The highest BCUT2D eigenvalue weighted by Gasteiger charge is 2.50. The van der Waals surface area contributed by atoms with Gasteiger partial charge in [-0.25, -0.2) is 4.79 Å². The number of nitrogens with one attached hydrogen (secondary N) is 2. The highest BCUT2D eigenvalue weighted by atomic mass is 35.5. The van der Waals surface area contributed by atoms with Gasteiger partial charge >= 0.3 is 6.03 Å². The van der Waals surface area contributed by atoms with Crippen LogP contribution in [0.5, 0.6) is 0 Å². The van der Waals surface area contributed by atoms with Crippen LogP contribution in [0.15, 0.2) is 0 Å². The maximum Gasteiger partial charge on any atom is 0.316 e. The van der Waals surface area contributed by atoms with Crippen molar-refractivity contribution in [2.24, 2.45) is 0 Å². The zero-order chi connectivity index (χ0) is 21.7. The Balaban J connectivity index is 2.06. The fourth-order valence-electron chi connectivity index (χ4n) is 3.05. The Bertz CT molecular complexity index is 528. The van der Waals surface area contributed by atoms with Crippen LogP contribution in [0.2, 0.25) is 0 Å². The standard InChI is InChI=1S/C15H27ClN2O11/c16-1-2-17-15(26)18-13-10(24)9(23)12(6(4-20)27-13)29-14-11(25)8(22)7(21)5(3-19)28-14/h5-14,19-25H,1-4H2,(H2,17,18,26)/t5-,6-,7+,8+,9-,10-,11-,12-,13-,14+/m1/s1. The second-order valence-corrected chi connectivity index (χ2v) is 7.02. The molecule has 0 unspecified atom stereocenters. The quantitative estimate of drug-likeness (QED) is 0.169. The number of amides is 2. The first-order valence-electron chi connectivity index (χ1n) is 8.93. The van der Waals surface area contributed by atoms with Gasteiger partial charge in [-0.2, -0.15) is 0 Å². The molecule has 13 nitrogen and oxygen atoms in total. The Kier molecular flexibility index (Phi) is 9.24. The van der Waals surface area contributed by atoms with Gasteiger partial charge in [0.25, 0.3) is 0 Å². The molecule has 0 aromatic carbocycles. The average molecular weight is 447 g/mol. The minimum absolute atomic E-state index is 0.144. The predicted molar refractivity (Wildman–Crippen MR) is 93.7 cm³/mol. The number of hydrogen-bond acceptors (Lipinski definition) is 11. The lowest BCUT2D eigenvalue weighted by atomic mass is 9.96. The fourth-order valence-corrected chi connectivity index (χ4v) is 3.14. The zero-order valence-electron chi connectivity index (χ0n) is 15.2. The lowest BCUT2D eigenvalue weighted by Crippen LogP contribution is -2.67. The van der Waals surface area contributed by atoms with Gasteiger partial charge in [-0.1, -0.05) is 0 Å². The van der Waals surface area contributed by atoms with Gasteiger partial charge < -0.3 is 60.6 Å². The van der Waals surface area contributed by atoms with E-state index in [0.717, 1.165) is 0 Å². The Hall–Kier alpha value is -0.840. The number of carbonyl (C=O) groups is 1. The molecule has 29 heavy (non-hydrogen) atoms. The molecule has 2 amide bonds. The lowest BCUT2D eigenvalue weighted by molar-refractivity contribution is -0.342. The van der Waals surface area contributed by atoms with E-state index in [1.165, 1.54) is 0 Å². The van der Waals surface area contributed by atoms with Crippen LogP contribution in [-0.2, 0) is 14.2 Å². The maximum atomic E-state index is 11.7. The molecule has 2 saturated heterocycles. The van der Waals surface area contributed by atoms with Gasteiger partial charge in [-0.15, -0.1) is 11.6 Å². The summed E-state index contributed by atoms with van der Waals surface area (Å²) in [6, 6.07) is -0.730. The van der Waals surface area contributed by atoms with Gasteiger partial charge in [-0.3, -0.25) is 0 Å². The molecule has 0 aromatic rings. The molecule has 0 aliphatic carbocycles. The first-order valence-corrected chi connectivity index (χ1v) is 9.47. The minimum Gasteiger partial charge on any atom is -0.394 e. The van der Waals surface area contributed by atoms with E-state index in [4.69, 9.17) is 25.8 Å². The summed E-state index contributed by atoms with van der Waals surface area (Å²) in [5, 5.41) is 73.7. The molecular formula is C15H27ClN2O11. The largest absolute Gasteiger partial charge is 0.394 e. The molecule has 0 radical (unpaired) electrons. The maximum absolute atomic E-state index is 11.7. The number of rotatable bonds is 7. The van der Waals surface area contributed by atoms with E-state index in [9.17, 15) is 40.5 Å². The van der Waals surface area contributed by atoms with E-state index < -0.39 is 80.6 Å². The minimum atomic E-state index is -1.76. The third-order valence-corrected chi connectivity index (χ3v) is 4.85. The van der Waals surface area contributed by atoms with Gasteiger partial charge in [0.2, 0.25) is 0 Å². The molecule has 2 heterocycles. The molecule has 2 aliphatic heterocycles. The van der Waals surface area contributed by atoms with Crippen molar-refractivity contribution in [1.82, 2.24) is 10.6 Å². The van der Waals surface area contributed by atoms with Gasteiger partial charge in [0.15, 0.2) is 12.5 Å². The van der Waals surface area contributed by atoms with Gasteiger partial charge in [0.1, 0.15) is 48.8 Å². The van der Waals surface area contributed by atoms with E-state index in [0.29, 0.717) is 0 Å². The van der Waals surface area contributed by atoms with Crippen molar-refractivity contribution in [2.45, 2.75) is 61.3 Å². The van der Waals surface area contributed by atoms with Crippen LogP contribution >= 0.6 is 11.6 Å². The lowest BCUT2D eigenvalue weighted by Gasteiger charge is -2.46. The van der Waals surface area contributed by atoms with Crippen molar-refractivity contribution in [2.75, 3.05) is 25.6 Å². The third kappa shape index (κ3) is 5.65. The number of urea groups is 1. The number of carbonyl (C=O) groups excluding carboxylic acids is 1. The number of aliphatic hydroxyl groups excluding tert-OH is 7. The van der Waals surface area contributed by atoms with Crippen LogP contribution in [0.4, 0.5) is 4.79 Å². The van der Waals surface area contributed by atoms with Crippen LogP contribution in [0.1, 0.15) is 0 Å². The van der Waals surface area contributed by atoms with Crippen molar-refractivity contribution in [3.8, 4) is 0 Å². The number of hydrogen-bond donors (Lipinski definition) is 9. The number of aliphatic hydroxyl groups is 7. The van der Waals surface area contributed by atoms with E-state index in [-0.39, 0.29) is 12.4 Å². The van der Waals surface area contributed by atoms with Crippen LogP contribution in [-0.4, -0.2) is 129 Å². The molecule has 0 saturated carbocycles. The Labute approximate surface area is 170 Å². The van der Waals surface area contributed by atoms with E-state index in [2.05, 4.69) is 10.6 Å². The van der Waals surface area contributed by atoms with E-state index in [1.807, 2.05) is 0 Å². The molecule has 2 fully saturated rings. The normalized spacial score (nSPS) is 43.0. The number of alkyl halides is 1. The van der Waals surface area contributed by atoms with Crippen molar-refractivity contribution in [1.29, 1.82) is 0 Å². The van der Waals surface area contributed by atoms with Gasteiger partial charge in [0, 0.05) is 12.4 Å². The highest BCUT2D eigenvalue weighted by molar-refractivity contribution is 6.18. The first kappa shape index (κ1) is 24.4. The molecule has 0 spiro atoms. The summed E-state index contributed by atoms with van der Waals surface area (Å²) >= 11 is 5.46. The topological polar surface area (TPSA) is 210 Å². The summed E-state index contributed by atoms with van der Waals surface area (Å²) in [6.07, 6.45) is -15.4. The molecule has 2 aliphatic rings. The zero-order valence-corrected chi connectivity index (χ0v) is 16.0. The Morgan fingerprint density at radius 3 is 2.14 bits per heavy atom. The van der Waals surface area contributed by atoms with Crippen LogP contribution < -0.4 is 10.6 Å². The number of ether oxygens (including phenoxy) is 3. The summed E-state index contributed by atoms with van der Waals surface area (Å²) in [6.45, 7) is -1.25. The summed E-state index contributed by atoms with van der Waals surface area (Å²) < 4.78 is 16.0. The molecule has 2 rings (SSSR count). The Morgan fingerprint density at radius 2 is 1.55 bits per heavy atom. The molecule has 170 valence electrons. The van der Waals surface area contributed by atoms with Crippen LogP contribution in [0.3, 0.4) is 0 Å². The smallest absolute Gasteiger partial charge is 0.316 e. The van der Waals surface area contributed by atoms with Crippen molar-refractivity contribution >= 4 is 17.6 Å². The average Bonchev–Trinajstić information content (AvgIpc) is 2.71. The highest BCUT2D eigenvalue weighted by Crippen LogP contribution is 2.28. The number of halogens is 1. The van der Waals surface area contributed by atoms with Crippen LogP contribution in [0, 0.1) is 0 Å². The summed E-state index contributed by atoms with van der Waals surface area (Å²) in [4.78, 5) is 11.7. The molecule has 10 atom stereocenters. The monoisotopic (exact) mass is 446 g/mol. The van der Waals surface area contributed by atoms with Crippen molar-refractivity contribution in [3.05, 3.63) is 0 Å². The van der Waals surface area contributed by atoms with Crippen molar-refractivity contribution < 1.29 is 54.8 Å². The van der Waals surface area contributed by atoms with Crippen molar-refractivity contribution in [3.63, 3.8) is 0 Å². The molecular weight excluding hydrogens is 420 g/mol.